The fourth-order valence-corrected chi connectivity index (χ4v) is 5.45. The van der Waals surface area contributed by atoms with Crippen molar-refractivity contribution < 1.29 is 56.3 Å². The molecule has 20 heteroatoms. The number of aliphatic imine (C=N–C) groups is 2. The Balaban J connectivity index is 1.95. The molecule has 2 rings (SSSR count). The molecule has 5 atom stereocenters. The average molecular weight is 507 g/mol. The SMILES string of the molecule is C=C1N=C(N=C(N)N)C=CN1[C@H]1C[C@@H](O)[C@@H](COP(=O)(O)OP(=O)(O)OP(=O)(O)O)O1. The summed E-state index contributed by atoms with van der Waals surface area (Å²) in [6.45, 7) is 2.91. The fourth-order valence-electron chi connectivity index (χ4n) is 2.42. The largest absolute Gasteiger partial charge is 0.490 e. The highest BCUT2D eigenvalue weighted by Crippen LogP contribution is 2.66. The Kier molecular flexibility index (Phi) is 7.98. The number of guanidine groups is 1. The van der Waals surface area contributed by atoms with Crippen LogP contribution in [0.1, 0.15) is 6.42 Å². The topological polar surface area (TPSA) is 269 Å². The van der Waals surface area contributed by atoms with Crippen molar-refractivity contribution in [3.8, 4) is 0 Å². The predicted molar refractivity (Wildman–Crippen MR) is 102 cm³/mol. The second kappa shape index (κ2) is 9.58. The number of aliphatic hydroxyl groups is 1. The van der Waals surface area contributed by atoms with Gasteiger partial charge in [0.25, 0.3) is 0 Å². The van der Waals surface area contributed by atoms with E-state index >= 15 is 0 Å². The van der Waals surface area contributed by atoms with Gasteiger partial charge in [-0.1, -0.05) is 6.58 Å². The van der Waals surface area contributed by atoms with Crippen molar-refractivity contribution in [2.24, 2.45) is 21.5 Å². The lowest BCUT2D eigenvalue weighted by atomic mass is 10.2. The van der Waals surface area contributed by atoms with E-state index in [1.54, 1.807) is 0 Å². The summed E-state index contributed by atoms with van der Waals surface area (Å²) in [5.41, 5.74) is 10.5. The van der Waals surface area contributed by atoms with Crippen molar-refractivity contribution in [2.75, 3.05) is 6.61 Å². The van der Waals surface area contributed by atoms with E-state index in [2.05, 4.69) is 29.7 Å². The molecule has 9 N–H and O–H groups in total. The molecule has 1 fully saturated rings. The van der Waals surface area contributed by atoms with Gasteiger partial charge in [-0.15, -0.1) is 0 Å². The molecule has 0 aromatic heterocycles. The monoisotopic (exact) mass is 507 g/mol. The van der Waals surface area contributed by atoms with Crippen LogP contribution in [0.25, 0.3) is 0 Å². The van der Waals surface area contributed by atoms with Gasteiger partial charge in [0.15, 0.2) is 11.8 Å². The molecular weight excluding hydrogens is 487 g/mol. The molecule has 17 nitrogen and oxygen atoms in total. The Morgan fingerprint density at radius 1 is 1.26 bits per heavy atom. The van der Waals surface area contributed by atoms with Gasteiger partial charge >= 0.3 is 23.5 Å². The maximum Gasteiger partial charge on any atom is 0.490 e. The van der Waals surface area contributed by atoms with E-state index in [4.69, 9.17) is 30.9 Å². The van der Waals surface area contributed by atoms with Crippen molar-refractivity contribution in [1.82, 2.24) is 4.90 Å². The van der Waals surface area contributed by atoms with Gasteiger partial charge in [0, 0.05) is 12.6 Å². The molecule has 1 saturated heterocycles. The van der Waals surface area contributed by atoms with Crippen LogP contribution in [0, 0.1) is 0 Å². The second-order valence-corrected chi connectivity index (χ2v) is 10.4. The third-order valence-electron chi connectivity index (χ3n) is 3.50. The van der Waals surface area contributed by atoms with Crippen LogP contribution in [0.5, 0.6) is 0 Å². The van der Waals surface area contributed by atoms with Gasteiger partial charge in [0.1, 0.15) is 18.2 Å². The molecule has 2 heterocycles. The van der Waals surface area contributed by atoms with E-state index in [1.165, 1.54) is 17.2 Å². The zero-order valence-corrected chi connectivity index (χ0v) is 18.1. The number of hydrogen-bond donors (Lipinski definition) is 7. The quantitative estimate of drug-likeness (QED) is 0.115. The molecule has 176 valence electrons. The number of aliphatic hydroxyl groups excluding tert-OH is 1. The van der Waals surface area contributed by atoms with E-state index in [0.29, 0.717) is 0 Å². The molecule has 2 aliphatic rings. The molecule has 2 unspecified atom stereocenters. The van der Waals surface area contributed by atoms with Gasteiger partial charge in [-0.2, -0.15) is 13.6 Å². The molecule has 0 aliphatic carbocycles. The number of hydrogen-bond acceptors (Lipinski definition) is 11. The third-order valence-corrected chi connectivity index (χ3v) is 7.30. The van der Waals surface area contributed by atoms with Crippen LogP contribution in [-0.2, 0) is 31.6 Å². The van der Waals surface area contributed by atoms with E-state index in [9.17, 15) is 23.7 Å². The summed E-state index contributed by atoms with van der Waals surface area (Å²) in [4.78, 5) is 44.8. The maximum atomic E-state index is 11.8. The van der Waals surface area contributed by atoms with Crippen LogP contribution in [0.4, 0.5) is 0 Å². The standard InChI is InChI=1S/C11H20N5O12P3/c1-6-14-9(15-11(12)13)2-3-16(6)10-4-7(17)8(26-10)5-25-30(21,22)28-31(23,24)27-29(18,19)20/h2-3,7-8,10,17H,1,4-5H2,(H,21,22)(H,23,24)(H2,18,19,20)(H4,12,13,14,15)/t7-,8-,10-/m1/s1. The molecule has 0 aromatic carbocycles. The minimum absolute atomic E-state index is 0.0130. The van der Waals surface area contributed by atoms with Gasteiger partial charge in [0.2, 0.25) is 0 Å². The van der Waals surface area contributed by atoms with E-state index < -0.39 is 48.5 Å². The number of phosphoric acid groups is 3. The van der Waals surface area contributed by atoms with Gasteiger partial charge in [-0.25, -0.2) is 18.7 Å². The number of nitrogens with two attached hydrogens (primary N) is 2. The highest BCUT2D eigenvalue weighted by atomic mass is 31.3. The normalized spacial score (nSPS) is 28.0. The minimum atomic E-state index is -5.65. The third kappa shape index (κ3) is 8.20. The highest BCUT2D eigenvalue weighted by molar-refractivity contribution is 7.66. The highest BCUT2D eigenvalue weighted by Gasteiger charge is 2.43. The van der Waals surface area contributed by atoms with E-state index in [-0.39, 0.29) is 24.0 Å². The number of amidine groups is 1. The summed E-state index contributed by atoms with van der Waals surface area (Å²) in [5, 5.41) is 10.1. The Morgan fingerprint density at radius 2 is 1.90 bits per heavy atom. The van der Waals surface area contributed by atoms with Gasteiger partial charge in [-0.3, -0.25) is 4.52 Å². The summed E-state index contributed by atoms with van der Waals surface area (Å²) in [5.74, 6) is 0.112. The van der Waals surface area contributed by atoms with Gasteiger partial charge in [-0.05, 0) is 6.08 Å². The van der Waals surface area contributed by atoms with Crippen molar-refractivity contribution >= 4 is 35.3 Å². The van der Waals surface area contributed by atoms with Crippen LogP contribution in [-0.4, -0.2) is 66.4 Å². The van der Waals surface area contributed by atoms with Crippen molar-refractivity contribution in [3.63, 3.8) is 0 Å². The Hall–Kier alpha value is -1.45. The van der Waals surface area contributed by atoms with E-state index in [0.717, 1.165) is 0 Å². The maximum absolute atomic E-state index is 11.8. The van der Waals surface area contributed by atoms with E-state index in [1.807, 2.05) is 0 Å². The number of nitrogens with zero attached hydrogens (tertiary/aromatic N) is 3. The number of ether oxygens (including phenoxy) is 1. The molecule has 0 radical (unpaired) electrons. The number of rotatable bonds is 8. The van der Waals surface area contributed by atoms with Crippen molar-refractivity contribution in [1.29, 1.82) is 0 Å². The summed E-state index contributed by atoms with van der Waals surface area (Å²) < 4.78 is 50.8. The molecule has 0 saturated carbocycles. The predicted octanol–water partition coefficient (Wildman–Crippen LogP) is -1.22. The summed E-state index contributed by atoms with van der Waals surface area (Å²) >= 11 is 0. The van der Waals surface area contributed by atoms with Crippen LogP contribution in [0.15, 0.2) is 34.7 Å². The smallest absolute Gasteiger partial charge is 0.390 e. The zero-order chi connectivity index (χ0) is 23.6. The van der Waals surface area contributed by atoms with Crippen LogP contribution in [0.2, 0.25) is 0 Å². The van der Waals surface area contributed by atoms with Gasteiger partial charge < -0.3 is 45.8 Å². The Morgan fingerprint density at radius 3 is 2.45 bits per heavy atom. The van der Waals surface area contributed by atoms with Gasteiger partial charge in [0.05, 0.1) is 12.7 Å². The first-order valence-electron chi connectivity index (χ1n) is 8.02. The van der Waals surface area contributed by atoms with Crippen molar-refractivity contribution in [3.05, 3.63) is 24.7 Å². The lowest BCUT2D eigenvalue weighted by Crippen LogP contribution is -2.32. The summed E-state index contributed by atoms with van der Waals surface area (Å²) in [7, 11) is -16.5. The van der Waals surface area contributed by atoms with Crippen LogP contribution in [0.3, 0.4) is 0 Å². The Labute approximate surface area is 174 Å². The second-order valence-electron chi connectivity index (χ2n) is 5.96. The molecule has 0 bridgehead atoms. The summed E-state index contributed by atoms with van der Waals surface area (Å²) in [6.07, 6.45) is -0.331. The number of phosphoric ester groups is 1. The minimum Gasteiger partial charge on any atom is -0.390 e. The first-order valence-corrected chi connectivity index (χ1v) is 12.5. The summed E-state index contributed by atoms with van der Waals surface area (Å²) in [6, 6.07) is 0. The molecule has 2 aliphatic heterocycles. The first kappa shape index (κ1) is 25.8. The molecule has 0 spiro atoms. The fraction of sp³-hybridized carbons (Fsp3) is 0.455. The van der Waals surface area contributed by atoms with Crippen molar-refractivity contribution in [2.45, 2.75) is 24.9 Å². The first-order chi connectivity index (χ1) is 14.1. The molecular formula is C11H20N5O12P3. The lowest BCUT2D eigenvalue weighted by Gasteiger charge is -2.28. The molecule has 0 amide bonds. The zero-order valence-electron chi connectivity index (χ0n) is 15.4. The lowest BCUT2D eigenvalue weighted by molar-refractivity contribution is -0.0553. The molecule has 31 heavy (non-hydrogen) atoms. The average Bonchev–Trinajstić information content (AvgIpc) is 2.89. The Bertz CT molecular complexity index is 942. The molecule has 0 aromatic rings. The van der Waals surface area contributed by atoms with Crippen LogP contribution < -0.4 is 11.5 Å². The van der Waals surface area contributed by atoms with Crippen LogP contribution >= 0.6 is 23.5 Å².